The third-order valence-corrected chi connectivity index (χ3v) is 6.27. The molecular weight excluding hydrogens is 527 g/mol. The third kappa shape index (κ3) is 5.97. The summed E-state index contributed by atoms with van der Waals surface area (Å²) in [5.74, 6) is 0. The molecule has 0 unspecified atom stereocenters. The number of aliphatic hydroxyl groups excluding tert-OH is 3. The number of halogens is 3. The molecule has 0 saturated carbocycles. The molecule has 2 heterocycles. The van der Waals surface area contributed by atoms with Gasteiger partial charge in [0.2, 0.25) is 0 Å². The Labute approximate surface area is 218 Å². The number of alkyl halides is 3. The second kappa shape index (κ2) is 10.9. The summed E-state index contributed by atoms with van der Waals surface area (Å²) in [5, 5.41) is 38.1. The zero-order valence-corrected chi connectivity index (χ0v) is 20.1. The molecule has 11 nitrogen and oxygen atoms in total. The smallest absolute Gasteiger partial charge is 0.417 e. The molecule has 14 heteroatoms. The first-order valence-corrected chi connectivity index (χ1v) is 11.7. The average Bonchev–Trinajstić information content (AvgIpc) is 3.26. The fourth-order valence-corrected chi connectivity index (χ4v) is 4.30. The molecule has 1 aromatic heterocycles. The molecule has 2 amide bonds. The summed E-state index contributed by atoms with van der Waals surface area (Å²) in [6, 6.07) is 10.5. The Kier molecular flexibility index (Phi) is 7.81. The normalized spacial score (nSPS) is 17.2. The number of fused-ring (bicyclic) bond motifs is 1. The molecule has 39 heavy (non-hydrogen) atoms. The van der Waals surface area contributed by atoms with E-state index in [1.165, 1.54) is 42.5 Å². The number of hydrogen-bond acceptors (Lipinski definition) is 7. The van der Waals surface area contributed by atoms with Crippen molar-refractivity contribution in [3.05, 3.63) is 64.4 Å². The lowest BCUT2D eigenvalue weighted by atomic mass is 10.0. The predicted molar refractivity (Wildman–Crippen MR) is 131 cm³/mol. The number of aromatic amines is 1. The molecule has 3 aromatic rings. The minimum Gasteiger partial charge on any atom is -0.465 e. The standard InChI is InChI=1S/C25H24F3N3O8/c26-25(27,28)18-4-2-1-3-16(18)19-7-13-5-6-14(8-17(13)22(35)29-19)31-10-15(39-24(31)38)9-30(23(36)37)11-20(33)21(34)12-32/h1-8,15,20-21,32-34H,9-12H2,(H,29,35)(H,36,37)/t15-,20+,21-/m0/s1. The number of hydrogen-bond donors (Lipinski definition) is 5. The average molecular weight is 551 g/mol. The van der Waals surface area contributed by atoms with Crippen molar-refractivity contribution in [2.24, 2.45) is 0 Å². The molecule has 1 fully saturated rings. The molecule has 3 atom stereocenters. The number of anilines is 1. The molecule has 208 valence electrons. The number of cyclic esters (lactones) is 1. The van der Waals surface area contributed by atoms with Crippen LogP contribution >= 0.6 is 0 Å². The van der Waals surface area contributed by atoms with Crippen LogP contribution in [0.25, 0.3) is 22.0 Å². The van der Waals surface area contributed by atoms with Gasteiger partial charge in [-0.15, -0.1) is 0 Å². The third-order valence-electron chi connectivity index (χ3n) is 6.27. The summed E-state index contributed by atoms with van der Waals surface area (Å²) in [5.41, 5.74) is -1.58. The first-order valence-electron chi connectivity index (χ1n) is 11.7. The first-order chi connectivity index (χ1) is 18.4. The Bertz CT molecular complexity index is 1440. The van der Waals surface area contributed by atoms with Gasteiger partial charge in [-0.3, -0.25) is 9.69 Å². The van der Waals surface area contributed by atoms with Gasteiger partial charge in [-0.25, -0.2) is 9.59 Å². The van der Waals surface area contributed by atoms with E-state index in [2.05, 4.69) is 4.98 Å². The number of nitrogens with zero attached hydrogens (tertiary/aromatic N) is 2. The van der Waals surface area contributed by atoms with Gasteiger partial charge in [0.25, 0.3) is 5.56 Å². The molecular formula is C25H24F3N3O8. The fraction of sp³-hybridized carbons (Fsp3) is 0.320. The summed E-state index contributed by atoms with van der Waals surface area (Å²) in [6.45, 7) is -1.78. The molecule has 0 bridgehead atoms. The van der Waals surface area contributed by atoms with Crippen LogP contribution in [0.3, 0.4) is 0 Å². The number of carbonyl (C=O) groups excluding carboxylic acids is 1. The maximum absolute atomic E-state index is 13.5. The van der Waals surface area contributed by atoms with Crippen LogP contribution in [0.1, 0.15) is 5.56 Å². The van der Waals surface area contributed by atoms with Gasteiger partial charge >= 0.3 is 18.4 Å². The number of carboxylic acid groups (broad SMARTS) is 1. The zero-order chi connectivity index (χ0) is 28.5. The van der Waals surface area contributed by atoms with Gasteiger partial charge in [0.1, 0.15) is 12.2 Å². The number of carbonyl (C=O) groups is 2. The molecule has 0 spiro atoms. The lowest BCUT2D eigenvalue weighted by Crippen LogP contribution is -2.46. The number of aromatic nitrogens is 1. The Morgan fingerprint density at radius 3 is 2.51 bits per heavy atom. The lowest BCUT2D eigenvalue weighted by Gasteiger charge is -2.26. The monoisotopic (exact) mass is 551 g/mol. The Morgan fingerprint density at radius 2 is 1.85 bits per heavy atom. The summed E-state index contributed by atoms with van der Waals surface area (Å²) >= 11 is 0. The van der Waals surface area contributed by atoms with Crippen molar-refractivity contribution >= 4 is 28.6 Å². The van der Waals surface area contributed by atoms with Crippen LogP contribution in [-0.4, -0.2) is 87.0 Å². The molecule has 0 radical (unpaired) electrons. The van der Waals surface area contributed by atoms with Crippen molar-refractivity contribution in [2.75, 3.05) is 31.1 Å². The highest BCUT2D eigenvalue weighted by atomic mass is 19.4. The lowest BCUT2D eigenvalue weighted by molar-refractivity contribution is -0.137. The van der Waals surface area contributed by atoms with Crippen LogP contribution in [0.2, 0.25) is 0 Å². The highest BCUT2D eigenvalue weighted by Gasteiger charge is 2.36. The van der Waals surface area contributed by atoms with Crippen LogP contribution < -0.4 is 10.5 Å². The zero-order valence-electron chi connectivity index (χ0n) is 20.1. The van der Waals surface area contributed by atoms with Crippen molar-refractivity contribution in [2.45, 2.75) is 24.5 Å². The Hall–Kier alpha value is -4.14. The summed E-state index contributed by atoms with van der Waals surface area (Å²) in [6.07, 6.45) is -11.0. The number of benzene rings is 2. The van der Waals surface area contributed by atoms with Crippen LogP contribution in [0, 0.1) is 0 Å². The van der Waals surface area contributed by atoms with E-state index in [9.17, 15) is 42.9 Å². The van der Waals surface area contributed by atoms with Crippen LogP contribution in [-0.2, 0) is 10.9 Å². The van der Waals surface area contributed by atoms with Crippen LogP contribution in [0.15, 0.2) is 53.3 Å². The number of nitrogens with one attached hydrogen (secondary N) is 1. The van der Waals surface area contributed by atoms with E-state index in [-0.39, 0.29) is 35.4 Å². The van der Waals surface area contributed by atoms with Gasteiger partial charge in [-0.2, -0.15) is 13.2 Å². The van der Waals surface area contributed by atoms with E-state index in [1.807, 2.05) is 0 Å². The second-order valence-corrected chi connectivity index (χ2v) is 8.95. The van der Waals surface area contributed by atoms with Crippen molar-refractivity contribution in [1.29, 1.82) is 0 Å². The summed E-state index contributed by atoms with van der Waals surface area (Å²) in [4.78, 5) is 41.3. The number of rotatable bonds is 8. The minimum absolute atomic E-state index is 0.0314. The van der Waals surface area contributed by atoms with Crippen LogP contribution in [0.4, 0.5) is 28.4 Å². The largest absolute Gasteiger partial charge is 0.465 e. The van der Waals surface area contributed by atoms with E-state index in [1.54, 1.807) is 0 Å². The number of ether oxygens (including phenoxy) is 1. The van der Waals surface area contributed by atoms with Crippen molar-refractivity contribution < 1.29 is 47.9 Å². The van der Waals surface area contributed by atoms with Crippen LogP contribution in [0.5, 0.6) is 0 Å². The predicted octanol–water partition coefficient (Wildman–Crippen LogP) is 2.23. The van der Waals surface area contributed by atoms with Gasteiger partial charge in [-0.05, 0) is 29.7 Å². The molecule has 1 saturated heterocycles. The van der Waals surface area contributed by atoms with E-state index >= 15 is 0 Å². The van der Waals surface area contributed by atoms with E-state index < -0.39 is 60.9 Å². The summed E-state index contributed by atoms with van der Waals surface area (Å²) < 4.78 is 45.6. The van der Waals surface area contributed by atoms with Gasteiger partial charge in [0.05, 0.1) is 37.9 Å². The van der Waals surface area contributed by atoms with Crippen molar-refractivity contribution in [1.82, 2.24) is 9.88 Å². The van der Waals surface area contributed by atoms with E-state index in [0.717, 1.165) is 15.9 Å². The first kappa shape index (κ1) is 27.9. The maximum Gasteiger partial charge on any atom is 0.417 e. The molecule has 4 rings (SSSR count). The number of pyridine rings is 1. The fourth-order valence-electron chi connectivity index (χ4n) is 4.30. The highest BCUT2D eigenvalue weighted by Crippen LogP contribution is 2.36. The Morgan fingerprint density at radius 1 is 1.13 bits per heavy atom. The number of amides is 2. The van der Waals surface area contributed by atoms with Gasteiger partial charge in [0.15, 0.2) is 0 Å². The van der Waals surface area contributed by atoms with Gasteiger partial charge in [-0.1, -0.05) is 24.3 Å². The SMILES string of the molecule is O=C(O)N(C[C@H]1CN(c2ccc3cc(-c4ccccc4C(F)(F)F)[nH]c(=O)c3c2)C(=O)O1)C[C@@H](O)[C@@H](O)CO. The highest BCUT2D eigenvalue weighted by molar-refractivity contribution is 5.95. The molecule has 0 aliphatic carbocycles. The van der Waals surface area contributed by atoms with Gasteiger partial charge in [0, 0.05) is 22.3 Å². The minimum atomic E-state index is -4.63. The van der Waals surface area contributed by atoms with Crippen molar-refractivity contribution in [3.8, 4) is 11.3 Å². The quantitative estimate of drug-likeness (QED) is 0.285. The van der Waals surface area contributed by atoms with E-state index in [0.29, 0.717) is 5.39 Å². The summed E-state index contributed by atoms with van der Waals surface area (Å²) in [7, 11) is 0. The molecule has 1 aliphatic rings. The molecule has 5 N–H and O–H groups in total. The second-order valence-electron chi connectivity index (χ2n) is 8.95. The topological polar surface area (TPSA) is 164 Å². The van der Waals surface area contributed by atoms with E-state index in [4.69, 9.17) is 9.84 Å². The number of H-pyrrole nitrogens is 1. The Balaban J connectivity index is 1.57. The maximum atomic E-state index is 13.5. The van der Waals surface area contributed by atoms with Crippen molar-refractivity contribution in [3.63, 3.8) is 0 Å². The molecule has 2 aromatic carbocycles. The van der Waals surface area contributed by atoms with Gasteiger partial charge < -0.3 is 35.0 Å². The number of aliphatic hydroxyl groups is 3. The molecule has 1 aliphatic heterocycles.